The first kappa shape index (κ1) is 16.5. The first-order valence-corrected chi connectivity index (χ1v) is 8.47. The van der Waals surface area contributed by atoms with Crippen molar-refractivity contribution < 1.29 is 4.79 Å². The third-order valence-electron chi connectivity index (χ3n) is 4.49. The molecular formula is C19H24N4O. The zero-order valence-electron chi connectivity index (χ0n) is 14.3. The number of anilines is 2. The summed E-state index contributed by atoms with van der Waals surface area (Å²) in [6.07, 6.45) is 1.84. The van der Waals surface area contributed by atoms with E-state index in [1.165, 1.54) is 0 Å². The highest BCUT2D eigenvalue weighted by Crippen LogP contribution is 2.17. The Balaban J connectivity index is 1.60. The number of hydrogen-bond donors (Lipinski definition) is 1. The molecule has 2 heterocycles. The summed E-state index contributed by atoms with van der Waals surface area (Å²) in [6, 6.07) is 11.4. The first-order chi connectivity index (χ1) is 11.7. The average molecular weight is 324 g/mol. The van der Waals surface area contributed by atoms with Gasteiger partial charge in [-0.1, -0.05) is 24.6 Å². The lowest BCUT2D eigenvalue weighted by atomic mass is 10.1. The van der Waals surface area contributed by atoms with Crippen LogP contribution >= 0.6 is 0 Å². The molecule has 1 aliphatic heterocycles. The zero-order valence-corrected chi connectivity index (χ0v) is 14.3. The maximum atomic E-state index is 12.2. The van der Waals surface area contributed by atoms with Crippen molar-refractivity contribution in [2.24, 2.45) is 0 Å². The maximum Gasteiger partial charge on any atom is 0.256 e. The van der Waals surface area contributed by atoms with Crippen molar-refractivity contribution in [1.29, 1.82) is 0 Å². The summed E-state index contributed by atoms with van der Waals surface area (Å²) in [4.78, 5) is 21.4. The highest BCUT2D eigenvalue weighted by atomic mass is 16.1. The zero-order chi connectivity index (χ0) is 16.9. The summed E-state index contributed by atoms with van der Waals surface area (Å²) in [5.74, 6) is 0.448. The van der Waals surface area contributed by atoms with Gasteiger partial charge in [0, 0.05) is 31.7 Å². The molecule has 0 atom stereocenters. The van der Waals surface area contributed by atoms with Crippen LogP contribution in [-0.4, -0.2) is 48.5 Å². The predicted octanol–water partition coefficient (Wildman–Crippen LogP) is 2.78. The topological polar surface area (TPSA) is 48.5 Å². The number of amides is 1. The molecule has 1 N–H and O–H groups in total. The van der Waals surface area contributed by atoms with Crippen molar-refractivity contribution in [2.45, 2.75) is 13.8 Å². The van der Waals surface area contributed by atoms with Crippen molar-refractivity contribution in [3.05, 3.63) is 53.7 Å². The molecule has 1 saturated heterocycles. The Bertz CT molecular complexity index is 674. The number of carbonyl (C=O) groups is 1. The van der Waals surface area contributed by atoms with E-state index in [9.17, 15) is 4.79 Å². The normalized spacial score (nSPS) is 15.3. The monoisotopic (exact) mass is 324 g/mol. The molecule has 1 aliphatic rings. The smallest absolute Gasteiger partial charge is 0.256 e. The van der Waals surface area contributed by atoms with Crippen molar-refractivity contribution in [3.8, 4) is 0 Å². The molecule has 0 aliphatic carbocycles. The molecule has 1 aromatic carbocycles. The molecule has 0 unspecified atom stereocenters. The largest absolute Gasteiger partial charge is 0.368 e. The van der Waals surface area contributed by atoms with Crippen LogP contribution in [-0.2, 0) is 0 Å². The van der Waals surface area contributed by atoms with Crippen LogP contribution in [0.1, 0.15) is 22.8 Å². The van der Waals surface area contributed by atoms with E-state index in [0.29, 0.717) is 11.4 Å². The highest BCUT2D eigenvalue weighted by Gasteiger charge is 2.16. The Morgan fingerprint density at radius 2 is 1.79 bits per heavy atom. The van der Waals surface area contributed by atoms with Crippen LogP contribution in [0, 0.1) is 6.92 Å². The summed E-state index contributed by atoms with van der Waals surface area (Å²) in [7, 11) is 0. The number of hydrogen-bond acceptors (Lipinski definition) is 4. The molecule has 1 amide bonds. The lowest BCUT2D eigenvalue weighted by Gasteiger charge is -2.35. The number of aromatic nitrogens is 1. The SMILES string of the molecule is CCN1CCN(c2ccc(NC(=O)c3ccc(C)cc3)nc2)CC1. The minimum absolute atomic E-state index is 0.133. The number of likely N-dealkylation sites (N-methyl/N-ethyl adjacent to an activating group) is 1. The van der Waals surface area contributed by atoms with E-state index in [1.807, 2.05) is 49.5 Å². The molecule has 0 spiro atoms. The van der Waals surface area contributed by atoms with Crippen LogP contribution in [0.5, 0.6) is 0 Å². The van der Waals surface area contributed by atoms with Gasteiger partial charge in [0.2, 0.25) is 0 Å². The summed E-state index contributed by atoms with van der Waals surface area (Å²) in [5.41, 5.74) is 2.89. The molecule has 126 valence electrons. The van der Waals surface area contributed by atoms with Crippen LogP contribution in [0.2, 0.25) is 0 Å². The van der Waals surface area contributed by atoms with Crippen LogP contribution in [0.3, 0.4) is 0 Å². The summed E-state index contributed by atoms with van der Waals surface area (Å²) in [5, 5.41) is 2.85. The van der Waals surface area contributed by atoms with Crippen LogP contribution in [0.4, 0.5) is 11.5 Å². The van der Waals surface area contributed by atoms with Gasteiger partial charge in [-0.05, 0) is 37.7 Å². The number of rotatable bonds is 4. The Kier molecular flexibility index (Phi) is 5.11. The fourth-order valence-electron chi connectivity index (χ4n) is 2.86. The quantitative estimate of drug-likeness (QED) is 0.939. The molecule has 0 saturated carbocycles. The molecular weight excluding hydrogens is 300 g/mol. The minimum atomic E-state index is -0.133. The number of nitrogens with zero attached hydrogens (tertiary/aromatic N) is 3. The lowest BCUT2D eigenvalue weighted by molar-refractivity contribution is 0.102. The number of carbonyl (C=O) groups excluding carboxylic acids is 1. The molecule has 2 aromatic rings. The van der Waals surface area contributed by atoms with E-state index in [4.69, 9.17) is 0 Å². The molecule has 0 bridgehead atoms. The van der Waals surface area contributed by atoms with Crippen molar-refractivity contribution in [3.63, 3.8) is 0 Å². The van der Waals surface area contributed by atoms with Gasteiger partial charge in [0.05, 0.1) is 11.9 Å². The fourth-order valence-corrected chi connectivity index (χ4v) is 2.86. The van der Waals surface area contributed by atoms with Gasteiger partial charge in [-0.15, -0.1) is 0 Å². The van der Waals surface area contributed by atoms with Gasteiger partial charge in [-0.3, -0.25) is 4.79 Å². The second-order valence-electron chi connectivity index (χ2n) is 6.14. The Labute approximate surface area is 143 Å². The number of benzene rings is 1. The number of nitrogens with one attached hydrogen (secondary N) is 1. The summed E-state index contributed by atoms with van der Waals surface area (Å²) >= 11 is 0. The van der Waals surface area contributed by atoms with E-state index in [-0.39, 0.29) is 5.91 Å². The van der Waals surface area contributed by atoms with E-state index in [1.54, 1.807) is 0 Å². The molecule has 5 nitrogen and oxygen atoms in total. The van der Waals surface area contributed by atoms with E-state index < -0.39 is 0 Å². The number of pyridine rings is 1. The molecule has 1 aromatic heterocycles. The Morgan fingerprint density at radius 1 is 1.08 bits per heavy atom. The van der Waals surface area contributed by atoms with Crippen molar-refractivity contribution in [2.75, 3.05) is 42.9 Å². The maximum absolute atomic E-state index is 12.2. The minimum Gasteiger partial charge on any atom is -0.368 e. The van der Waals surface area contributed by atoms with Gasteiger partial charge in [-0.2, -0.15) is 0 Å². The van der Waals surface area contributed by atoms with E-state index in [2.05, 4.69) is 27.0 Å². The van der Waals surface area contributed by atoms with Gasteiger partial charge in [0.15, 0.2) is 0 Å². The second kappa shape index (κ2) is 7.45. The number of piperazine rings is 1. The third-order valence-corrected chi connectivity index (χ3v) is 4.49. The number of aryl methyl sites for hydroxylation is 1. The molecule has 0 radical (unpaired) electrons. The van der Waals surface area contributed by atoms with E-state index in [0.717, 1.165) is 44.0 Å². The average Bonchev–Trinajstić information content (AvgIpc) is 2.63. The van der Waals surface area contributed by atoms with E-state index >= 15 is 0 Å². The summed E-state index contributed by atoms with van der Waals surface area (Å²) in [6.45, 7) is 9.51. The van der Waals surface area contributed by atoms with Gasteiger partial charge in [0.25, 0.3) is 5.91 Å². The predicted molar refractivity (Wildman–Crippen MR) is 97.7 cm³/mol. The molecule has 3 rings (SSSR count). The fraction of sp³-hybridized carbons (Fsp3) is 0.368. The highest BCUT2D eigenvalue weighted by molar-refractivity contribution is 6.03. The van der Waals surface area contributed by atoms with Gasteiger partial charge in [0.1, 0.15) is 5.82 Å². The van der Waals surface area contributed by atoms with Crippen LogP contribution in [0.15, 0.2) is 42.6 Å². The lowest BCUT2D eigenvalue weighted by Crippen LogP contribution is -2.46. The Hall–Kier alpha value is -2.40. The van der Waals surface area contributed by atoms with Crippen LogP contribution < -0.4 is 10.2 Å². The first-order valence-electron chi connectivity index (χ1n) is 8.47. The Morgan fingerprint density at radius 3 is 2.38 bits per heavy atom. The second-order valence-corrected chi connectivity index (χ2v) is 6.14. The van der Waals surface area contributed by atoms with Gasteiger partial charge < -0.3 is 15.1 Å². The standard InChI is InChI=1S/C19H24N4O/c1-3-22-10-12-23(13-11-22)17-8-9-18(20-14-17)21-19(24)16-6-4-15(2)5-7-16/h4-9,14H,3,10-13H2,1-2H3,(H,20,21,24). The molecule has 1 fully saturated rings. The molecule has 5 heteroatoms. The van der Waals surface area contributed by atoms with Crippen LogP contribution in [0.25, 0.3) is 0 Å². The molecule has 24 heavy (non-hydrogen) atoms. The summed E-state index contributed by atoms with van der Waals surface area (Å²) < 4.78 is 0. The van der Waals surface area contributed by atoms with Gasteiger partial charge >= 0.3 is 0 Å². The van der Waals surface area contributed by atoms with Crippen molar-refractivity contribution in [1.82, 2.24) is 9.88 Å². The van der Waals surface area contributed by atoms with Crippen molar-refractivity contribution >= 4 is 17.4 Å². The van der Waals surface area contributed by atoms with Gasteiger partial charge in [-0.25, -0.2) is 4.98 Å². The third kappa shape index (κ3) is 3.92.